The molecule has 4 N–H and O–H groups in total. The number of hydrogen-bond acceptors (Lipinski definition) is 2. The second kappa shape index (κ2) is 1.70. The van der Waals surface area contributed by atoms with E-state index < -0.39 is 9.81 Å². The molecule has 50 valence electrons. The Morgan fingerprint density at radius 3 is 1.38 bits per heavy atom. The van der Waals surface area contributed by atoms with Crippen molar-refractivity contribution in [2.45, 2.75) is 25.5 Å². The van der Waals surface area contributed by atoms with Crippen LogP contribution >= 0.6 is 0 Å². The Morgan fingerprint density at radius 2 is 1.38 bits per heavy atom. The molecule has 3 nitrogen and oxygen atoms in total. The third kappa shape index (κ3) is 1.79. The number of hydrogen-bond donors (Lipinski definition) is 3. The van der Waals surface area contributed by atoms with E-state index in [2.05, 4.69) is 0 Å². The standard InChI is InChI=1S/C4H13N3S/c1-4(2,3)8(5,6)7/h1-3H3,(H4,5,6,7). The highest BCUT2D eigenvalue weighted by molar-refractivity contribution is 7.92. The molecule has 0 rings (SSSR count). The molecule has 0 aliphatic rings. The minimum atomic E-state index is -2.34. The Kier molecular flexibility index (Phi) is 1.68. The van der Waals surface area contributed by atoms with Gasteiger partial charge in [-0.3, -0.25) is 14.7 Å². The highest BCUT2D eigenvalue weighted by atomic mass is 32.2. The average molecular weight is 135 g/mol. The zero-order valence-corrected chi connectivity index (χ0v) is 6.30. The smallest absolute Gasteiger partial charge is 0.0400 e. The van der Waals surface area contributed by atoms with Gasteiger partial charge < -0.3 is 0 Å². The van der Waals surface area contributed by atoms with Crippen LogP contribution in [-0.2, 0) is 9.81 Å². The topological polar surface area (TPSA) is 73.7 Å². The van der Waals surface area contributed by atoms with Crippen molar-refractivity contribution < 1.29 is 0 Å². The SMILES string of the molecule is CC(C)(C)S(=N)(=N)N. The zero-order chi connectivity index (χ0) is 7.00. The van der Waals surface area contributed by atoms with Crippen molar-refractivity contribution in [1.29, 1.82) is 9.56 Å². The van der Waals surface area contributed by atoms with E-state index in [9.17, 15) is 0 Å². The summed E-state index contributed by atoms with van der Waals surface area (Å²) in [7, 11) is -2.34. The Balaban J connectivity index is 4.53. The van der Waals surface area contributed by atoms with Crippen LogP contribution in [0, 0.1) is 9.56 Å². The van der Waals surface area contributed by atoms with Crippen molar-refractivity contribution in [2.24, 2.45) is 5.14 Å². The molecule has 0 atom stereocenters. The van der Waals surface area contributed by atoms with Crippen LogP contribution in [0.25, 0.3) is 0 Å². The van der Waals surface area contributed by atoms with Crippen LogP contribution in [0.15, 0.2) is 0 Å². The lowest BCUT2D eigenvalue weighted by atomic mass is 10.3. The second-order valence-electron chi connectivity index (χ2n) is 2.77. The Labute approximate surface area is 50.8 Å². The summed E-state index contributed by atoms with van der Waals surface area (Å²) in [5.41, 5.74) is 0. The predicted molar refractivity (Wildman–Crippen MR) is 36.7 cm³/mol. The van der Waals surface area contributed by atoms with Crippen molar-refractivity contribution >= 4 is 9.81 Å². The van der Waals surface area contributed by atoms with E-state index >= 15 is 0 Å². The van der Waals surface area contributed by atoms with Gasteiger partial charge in [-0.15, -0.1) is 0 Å². The van der Waals surface area contributed by atoms with Gasteiger partial charge in [0, 0.05) is 4.75 Å². The molecule has 8 heavy (non-hydrogen) atoms. The van der Waals surface area contributed by atoms with Crippen LogP contribution in [0.1, 0.15) is 20.8 Å². The summed E-state index contributed by atoms with van der Waals surface area (Å²) < 4.78 is 13.9. The first-order valence-corrected chi connectivity index (χ1v) is 4.04. The van der Waals surface area contributed by atoms with Crippen molar-refractivity contribution in [1.82, 2.24) is 0 Å². The van der Waals surface area contributed by atoms with Crippen LogP contribution in [0.4, 0.5) is 0 Å². The van der Waals surface area contributed by atoms with E-state index in [1.807, 2.05) is 20.8 Å². The average Bonchev–Trinajstić information content (AvgIpc) is 1.25. The van der Waals surface area contributed by atoms with Crippen LogP contribution in [0.3, 0.4) is 0 Å². The van der Waals surface area contributed by atoms with E-state index in [0.717, 1.165) is 0 Å². The number of nitrogens with one attached hydrogen (secondary N) is 2. The Hall–Kier alpha value is -0.0900. The molecule has 0 radical (unpaired) electrons. The van der Waals surface area contributed by atoms with E-state index in [-0.39, 0.29) is 4.75 Å². The fourth-order valence-electron chi connectivity index (χ4n) is 0. The minimum Gasteiger partial charge on any atom is -0.261 e. The molecule has 0 aromatic heterocycles. The molecule has 4 heteroatoms. The molecule has 0 aliphatic carbocycles. The Bertz CT molecular complexity index is 160. The molecule has 0 saturated heterocycles. The van der Waals surface area contributed by atoms with Crippen molar-refractivity contribution in [3.05, 3.63) is 0 Å². The first kappa shape index (κ1) is 7.91. The molecular weight excluding hydrogens is 122 g/mol. The van der Waals surface area contributed by atoms with E-state index in [4.69, 9.17) is 14.7 Å². The molecule has 0 unspecified atom stereocenters. The van der Waals surface area contributed by atoms with Crippen LogP contribution in [0.5, 0.6) is 0 Å². The van der Waals surface area contributed by atoms with Gasteiger partial charge in [0.25, 0.3) is 0 Å². The van der Waals surface area contributed by atoms with Gasteiger partial charge in [-0.1, -0.05) is 0 Å². The maximum Gasteiger partial charge on any atom is 0.0400 e. The lowest BCUT2D eigenvalue weighted by molar-refractivity contribution is 0.784. The normalized spacial score (nSPS) is 14.0. The zero-order valence-electron chi connectivity index (χ0n) is 5.49. The summed E-state index contributed by atoms with van der Waals surface area (Å²) in [6, 6.07) is 0. The summed E-state index contributed by atoms with van der Waals surface area (Å²) >= 11 is 0. The van der Waals surface area contributed by atoms with E-state index in [1.165, 1.54) is 0 Å². The second-order valence-corrected chi connectivity index (χ2v) is 5.32. The van der Waals surface area contributed by atoms with Gasteiger partial charge in [0.15, 0.2) is 0 Å². The summed E-state index contributed by atoms with van der Waals surface area (Å²) in [5, 5.41) is 5.23. The van der Waals surface area contributed by atoms with Crippen LogP contribution in [-0.4, -0.2) is 4.75 Å². The van der Waals surface area contributed by atoms with Crippen LogP contribution in [0.2, 0.25) is 0 Å². The molecule has 0 fully saturated rings. The molecule has 0 spiro atoms. The van der Waals surface area contributed by atoms with Gasteiger partial charge >= 0.3 is 0 Å². The van der Waals surface area contributed by atoms with E-state index in [0.29, 0.717) is 0 Å². The lowest BCUT2D eigenvalue weighted by Gasteiger charge is -2.20. The summed E-state index contributed by atoms with van der Waals surface area (Å²) in [5.74, 6) is 0. The molecular formula is C4H13N3S. The van der Waals surface area contributed by atoms with Gasteiger partial charge in [-0.2, -0.15) is 0 Å². The largest absolute Gasteiger partial charge is 0.261 e. The summed E-state index contributed by atoms with van der Waals surface area (Å²) in [4.78, 5) is 0. The van der Waals surface area contributed by atoms with Crippen molar-refractivity contribution in [3.8, 4) is 0 Å². The predicted octanol–water partition coefficient (Wildman–Crippen LogP) is 1.34. The number of rotatable bonds is 0. The molecule has 0 heterocycles. The Morgan fingerprint density at radius 1 is 1.25 bits per heavy atom. The summed E-state index contributed by atoms with van der Waals surface area (Å²) in [6.45, 7) is 5.42. The highest BCUT2D eigenvalue weighted by Crippen LogP contribution is 2.11. The maximum atomic E-state index is 7.11. The van der Waals surface area contributed by atoms with Crippen molar-refractivity contribution in [3.63, 3.8) is 0 Å². The van der Waals surface area contributed by atoms with E-state index in [1.54, 1.807) is 0 Å². The van der Waals surface area contributed by atoms with Gasteiger partial charge in [-0.05, 0) is 30.6 Å². The molecule has 0 aliphatic heterocycles. The molecule has 0 saturated carbocycles. The first-order valence-electron chi connectivity index (χ1n) is 2.35. The fourth-order valence-corrected chi connectivity index (χ4v) is 0. The third-order valence-electron chi connectivity index (χ3n) is 0.966. The van der Waals surface area contributed by atoms with Crippen molar-refractivity contribution in [2.75, 3.05) is 0 Å². The van der Waals surface area contributed by atoms with Gasteiger partial charge in [0.05, 0.1) is 0 Å². The number of nitrogens with two attached hydrogens (primary N) is 1. The monoisotopic (exact) mass is 135 g/mol. The van der Waals surface area contributed by atoms with Gasteiger partial charge in [0.2, 0.25) is 0 Å². The minimum absolute atomic E-state index is 0.368. The first-order chi connectivity index (χ1) is 3.25. The molecule has 0 aromatic carbocycles. The van der Waals surface area contributed by atoms with Gasteiger partial charge in [0.1, 0.15) is 0 Å². The molecule has 0 aromatic rings. The fraction of sp³-hybridized carbons (Fsp3) is 1.00. The molecule has 0 bridgehead atoms. The quantitative estimate of drug-likeness (QED) is 0.460. The third-order valence-corrected chi connectivity index (χ3v) is 2.90. The lowest BCUT2D eigenvalue weighted by Crippen LogP contribution is -2.31. The van der Waals surface area contributed by atoms with Crippen LogP contribution < -0.4 is 5.14 Å². The molecule has 0 amide bonds. The maximum absolute atomic E-state index is 7.11. The summed E-state index contributed by atoms with van der Waals surface area (Å²) in [6.07, 6.45) is 0. The highest BCUT2D eigenvalue weighted by Gasteiger charge is 2.16. The van der Waals surface area contributed by atoms with Gasteiger partial charge in [-0.25, -0.2) is 0 Å².